The number of imidazole rings is 1. The van der Waals surface area contributed by atoms with Gasteiger partial charge in [0, 0.05) is 16.6 Å². The van der Waals surface area contributed by atoms with E-state index in [-0.39, 0.29) is 5.56 Å². The summed E-state index contributed by atoms with van der Waals surface area (Å²) in [5.74, 6) is 0.297. The molecule has 128 valence electrons. The van der Waals surface area contributed by atoms with E-state index in [0.717, 1.165) is 17.1 Å². The van der Waals surface area contributed by atoms with Crippen molar-refractivity contribution in [2.75, 3.05) is 5.32 Å². The van der Waals surface area contributed by atoms with Crippen LogP contribution in [0, 0.1) is 6.92 Å². The number of carbonyl (C=O) groups excluding carboxylic acids is 1. The van der Waals surface area contributed by atoms with Crippen molar-refractivity contribution in [1.82, 2.24) is 9.97 Å². The lowest BCUT2D eigenvalue weighted by molar-refractivity contribution is 0.102. The number of nitrogens with one attached hydrogen (secondary N) is 2. The zero-order valence-electron chi connectivity index (χ0n) is 13.9. The van der Waals surface area contributed by atoms with Crippen LogP contribution in [0.3, 0.4) is 0 Å². The first-order valence-electron chi connectivity index (χ1n) is 8.06. The average Bonchev–Trinajstić information content (AvgIpc) is 3.08. The first-order valence-corrected chi connectivity index (χ1v) is 8.06. The number of benzene rings is 2. The van der Waals surface area contributed by atoms with Crippen molar-refractivity contribution in [3.8, 4) is 11.3 Å². The van der Waals surface area contributed by atoms with Crippen LogP contribution in [-0.2, 0) is 0 Å². The van der Waals surface area contributed by atoms with Crippen molar-refractivity contribution < 1.29 is 9.21 Å². The largest absolute Gasteiger partial charge is 0.422 e. The van der Waals surface area contributed by atoms with Crippen LogP contribution in [0.25, 0.3) is 22.2 Å². The monoisotopic (exact) mass is 345 g/mol. The second kappa shape index (κ2) is 6.33. The van der Waals surface area contributed by atoms with Crippen LogP contribution in [0.2, 0.25) is 0 Å². The van der Waals surface area contributed by atoms with Gasteiger partial charge in [0.15, 0.2) is 0 Å². The Labute approximate surface area is 148 Å². The van der Waals surface area contributed by atoms with Gasteiger partial charge in [-0.1, -0.05) is 30.3 Å². The van der Waals surface area contributed by atoms with Gasteiger partial charge in [-0.3, -0.25) is 4.79 Å². The Kier molecular flexibility index (Phi) is 3.85. The maximum absolute atomic E-state index is 12.5. The highest BCUT2D eigenvalue weighted by molar-refractivity contribution is 6.05. The highest BCUT2D eigenvalue weighted by atomic mass is 16.4. The molecule has 2 aromatic heterocycles. The highest BCUT2D eigenvalue weighted by Crippen LogP contribution is 2.21. The number of hydrogen-bond donors (Lipinski definition) is 2. The molecule has 6 heteroatoms. The van der Waals surface area contributed by atoms with Crippen LogP contribution in [0.4, 0.5) is 5.69 Å². The molecule has 0 fully saturated rings. The number of anilines is 1. The lowest BCUT2D eigenvalue weighted by Gasteiger charge is -2.07. The minimum Gasteiger partial charge on any atom is -0.422 e. The number of amides is 1. The number of carbonyl (C=O) groups is 1. The normalized spacial score (nSPS) is 10.8. The molecule has 2 aromatic carbocycles. The van der Waals surface area contributed by atoms with Crippen LogP contribution in [0.15, 0.2) is 70.0 Å². The molecule has 0 saturated carbocycles. The van der Waals surface area contributed by atoms with Crippen LogP contribution in [-0.4, -0.2) is 15.9 Å². The predicted octanol–water partition coefficient (Wildman–Crippen LogP) is 3.74. The molecule has 4 rings (SSSR count). The third kappa shape index (κ3) is 3.00. The Morgan fingerprint density at radius 1 is 1.12 bits per heavy atom. The van der Waals surface area contributed by atoms with Crippen LogP contribution < -0.4 is 10.9 Å². The van der Waals surface area contributed by atoms with E-state index in [4.69, 9.17) is 4.42 Å². The van der Waals surface area contributed by atoms with Gasteiger partial charge in [0.25, 0.3) is 5.91 Å². The number of fused-ring (bicyclic) bond motifs is 1. The van der Waals surface area contributed by atoms with E-state index in [0.29, 0.717) is 16.7 Å². The van der Waals surface area contributed by atoms with E-state index in [9.17, 15) is 9.59 Å². The van der Waals surface area contributed by atoms with Gasteiger partial charge >= 0.3 is 5.63 Å². The van der Waals surface area contributed by atoms with Crippen molar-refractivity contribution in [2.45, 2.75) is 6.92 Å². The molecule has 6 nitrogen and oxygen atoms in total. The topological polar surface area (TPSA) is 88.0 Å². The van der Waals surface area contributed by atoms with Crippen LogP contribution >= 0.6 is 0 Å². The summed E-state index contributed by atoms with van der Waals surface area (Å²) in [5.41, 5.74) is 2.06. The van der Waals surface area contributed by atoms with Gasteiger partial charge in [-0.05, 0) is 31.2 Å². The van der Waals surface area contributed by atoms with Crippen molar-refractivity contribution in [2.24, 2.45) is 0 Å². The molecule has 0 unspecified atom stereocenters. The Bertz CT molecular complexity index is 1170. The van der Waals surface area contributed by atoms with Gasteiger partial charge in [-0.2, -0.15) is 0 Å². The molecule has 0 atom stereocenters. The van der Waals surface area contributed by atoms with Crippen molar-refractivity contribution in [3.63, 3.8) is 0 Å². The molecule has 2 heterocycles. The average molecular weight is 345 g/mol. The summed E-state index contributed by atoms with van der Waals surface area (Å²) in [6, 6.07) is 15.9. The van der Waals surface area contributed by atoms with Crippen molar-refractivity contribution in [1.29, 1.82) is 0 Å². The molecular weight excluding hydrogens is 330 g/mol. The smallest absolute Gasteiger partial charge is 0.349 e. The first kappa shape index (κ1) is 15.8. The number of aromatic nitrogens is 2. The molecule has 0 bridgehead atoms. The minimum atomic E-state index is -0.665. The molecule has 2 N–H and O–H groups in total. The van der Waals surface area contributed by atoms with Gasteiger partial charge < -0.3 is 14.7 Å². The molecule has 1 amide bonds. The van der Waals surface area contributed by atoms with E-state index in [2.05, 4.69) is 15.3 Å². The lowest BCUT2D eigenvalue weighted by atomic mass is 10.1. The van der Waals surface area contributed by atoms with E-state index in [1.54, 1.807) is 36.5 Å². The molecule has 0 radical (unpaired) electrons. The number of aryl methyl sites for hydroxylation is 1. The SMILES string of the molecule is Cc1ncc(-c2cccc(NC(=O)c3cc4ccccc4oc3=O)c2)[nH]1. The minimum absolute atomic E-state index is 0.0357. The number of para-hydroxylation sites is 1. The summed E-state index contributed by atoms with van der Waals surface area (Å²) < 4.78 is 5.22. The maximum atomic E-state index is 12.5. The Morgan fingerprint density at radius 3 is 2.77 bits per heavy atom. The second-order valence-electron chi connectivity index (χ2n) is 5.90. The Balaban J connectivity index is 1.64. The molecule has 0 spiro atoms. The molecule has 0 aliphatic rings. The molecule has 0 aliphatic carbocycles. The zero-order chi connectivity index (χ0) is 18.1. The second-order valence-corrected chi connectivity index (χ2v) is 5.90. The maximum Gasteiger partial charge on any atom is 0.349 e. The van der Waals surface area contributed by atoms with E-state index >= 15 is 0 Å². The number of nitrogens with zero attached hydrogens (tertiary/aromatic N) is 1. The number of hydrogen-bond acceptors (Lipinski definition) is 4. The first-order chi connectivity index (χ1) is 12.6. The lowest BCUT2D eigenvalue weighted by Crippen LogP contribution is -2.20. The van der Waals surface area contributed by atoms with Crippen LogP contribution in [0.5, 0.6) is 0 Å². The molecule has 4 aromatic rings. The van der Waals surface area contributed by atoms with Crippen molar-refractivity contribution >= 4 is 22.6 Å². The quantitative estimate of drug-likeness (QED) is 0.554. The van der Waals surface area contributed by atoms with Gasteiger partial charge in [0.1, 0.15) is 17.0 Å². The summed E-state index contributed by atoms with van der Waals surface area (Å²) in [4.78, 5) is 32.0. The van der Waals surface area contributed by atoms with Gasteiger partial charge in [-0.15, -0.1) is 0 Å². The summed E-state index contributed by atoms with van der Waals surface area (Å²) in [6.07, 6.45) is 1.73. The summed E-state index contributed by atoms with van der Waals surface area (Å²) in [7, 11) is 0. The van der Waals surface area contributed by atoms with E-state index in [1.807, 2.05) is 31.2 Å². The predicted molar refractivity (Wildman–Crippen MR) is 99.2 cm³/mol. The number of H-pyrrole nitrogens is 1. The fraction of sp³-hybridized carbons (Fsp3) is 0.0500. The molecule has 0 saturated heterocycles. The fourth-order valence-corrected chi connectivity index (χ4v) is 2.75. The van der Waals surface area contributed by atoms with Gasteiger partial charge in [0.2, 0.25) is 0 Å². The third-order valence-corrected chi connectivity index (χ3v) is 4.02. The standard InChI is InChI=1S/C20H15N3O3/c1-12-21-11-17(22-12)13-6-4-7-15(9-13)23-19(24)16-10-14-5-2-3-8-18(14)26-20(16)25/h2-11H,1H3,(H,21,22)(H,23,24). The highest BCUT2D eigenvalue weighted by Gasteiger charge is 2.14. The fourth-order valence-electron chi connectivity index (χ4n) is 2.75. The zero-order valence-corrected chi connectivity index (χ0v) is 13.9. The van der Waals surface area contributed by atoms with Gasteiger partial charge in [-0.25, -0.2) is 9.78 Å². The Hall–Kier alpha value is -3.67. The third-order valence-electron chi connectivity index (χ3n) is 4.02. The van der Waals surface area contributed by atoms with Crippen LogP contribution in [0.1, 0.15) is 16.2 Å². The molecular formula is C20H15N3O3. The summed E-state index contributed by atoms with van der Waals surface area (Å²) in [5, 5.41) is 3.44. The Morgan fingerprint density at radius 2 is 1.96 bits per heavy atom. The van der Waals surface area contributed by atoms with Crippen molar-refractivity contribution in [3.05, 3.63) is 82.6 Å². The van der Waals surface area contributed by atoms with Gasteiger partial charge in [0.05, 0.1) is 11.9 Å². The molecule has 26 heavy (non-hydrogen) atoms. The van der Waals surface area contributed by atoms with E-state index in [1.165, 1.54) is 0 Å². The number of aromatic amines is 1. The molecule has 0 aliphatic heterocycles. The summed E-state index contributed by atoms with van der Waals surface area (Å²) in [6.45, 7) is 1.87. The summed E-state index contributed by atoms with van der Waals surface area (Å²) >= 11 is 0. The van der Waals surface area contributed by atoms with E-state index < -0.39 is 11.5 Å². The number of rotatable bonds is 3.